The predicted octanol–water partition coefficient (Wildman–Crippen LogP) is 2.44. The number of amides is 1. The molecule has 0 saturated heterocycles. The van der Waals surface area contributed by atoms with Gasteiger partial charge in [0.25, 0.3) is 5.91 Å². The summed E-state index contributed by atoms with van der Waals surface area (Å²) >= 11 is 10.9. The molecular weight excluding hydrogens is 256 g/mol. The van der Waals surface area contributed by atoms with Gasteiger partial charge in [0.2, 0.25) is 0 Å². The zero-order chi connectivity index (χ0) is 13.2. The van der Waals surface area contributed by atoms with Crippen molar-refractivity contribution in [2.24, 2.45) is 5.73 Å². The molecule has 1 rings (SSSR count). The summed E-state index contributed by atoms with van der Waals surface area (Å²) in [5.74, 6) is -0.284. The van der Waals surface area contributed by atoms with E-state index in [2.05, 4.69) is 5.32 Å². The molecule has 0 heterocycles. The maximum Gasteiger partial charge on any atom is 0.253 e. The predicted molar refractivity (Wildman–Crippen MR) is 74.5 cm³/mol. The Morgan fingerprint density at radius 2 is 2.06 bits per heavy atom. The lowest BCUT2D eigenvalue weighted by Crippen LogP contribution is -2.52. The maximum absolute atomic E-state index is 12.0. The molecule has 0 aliphatic carbocycles. The van der Waals surface area contributed by atoms with Crippen LogP contribution in [-0.2, 0) is 0 Å². The molecule has 17 heavy (non-hydrogen) atoms. The second-order valence-electron chi connectivity index (χ2n) is 4.43. The highest BCUT2D eigenvalue weighted by Crippen LogP contribution is 2.18. The van der Waals surface area contributed by atoms with E-state index in [1.165, 1.54) is 0 Å². The number of hydrogen-bond acceptors (Lipinski definition) is 2. The summed E-state index contributed by atoms with van der Waals surface area (Å²) in [7, 11) is 0. The van der Waals surface area contributed by atoms with Crippen molar-refractivity contribution in [1.82, 2.24) is 5.32 Å². The SMILES string of the molecule is Cc1ccc(C(=O)NC(C)(C)C(N)=S)c(Cl)c1. The van der Waals surface area contributed by atoms with Gasteiger partial charge in [-0.2, -0.15) is 0 Å². The van der Waals surface area contributed by atoms with E-state index in [0.29, 0.717) is 10.6 Å². The highest BCUT2D eigenvalue weighted by Gasteiger charge is 2.25. The van der Waals surface area contributed by atoms with Crippen LogP contribution in [0.2, 0.25) is 5.02 Å². The van der Waals surface area contributed by atoms with E-state index >= 15 is 0 Å². The second kappa shape index (κ2) is 5.02. The van der Waals surface area contributed by atoms with E-state index in [-0.39, 0.29) is 10.9 Å². The molecule has 0 unspecified atom stereocenters. The third kappa shape index (κ3) is 3.41. The molecule has 1 aromatic rings. The first-order valence-electron chi connectivity index (χ1n) is 5.12. The Hall–Kier alpha value is -1.13. The smallest absolute Gasteiger partial charge is 0.253 e. The number of aryl methyl sites for hydroxylation is 1. The van der Waals surface area contributed by atoms with Gasteiger partial charge in [-0.05, 0) is 38.5 Å². The largest absolute Gasteiger partial charge is 0.391 e. The lowest BCUT2D eigenvalue weighted by Gasteiger charge is -2.25. The van der Waals surface area contributed by atoms with E-state index in [1.807, 2.05) is 13.0 Å². The fourth-order valence-corrected chi connectivity index (χ4v) is 1.59. The number of carbonyl (C=O) groups is 1. The number of halogens is 1. The first-order chi connectivity index (χ1) is 7.74. The first-order valence-corrected chi connectivity index (χ1v) is 5.91. The lowest BCUT2D eigenvalue weighted by molar-refractivity contribution is 0.0932. The molecule has 0 bridgehead atoms. The Kier molecular flexibility index (Phi) is 4.11. The molecule has 92 valence electrons. The molecule has 3 nitrogen and oxygen atoms in total. The van der Waals surface area contributed by atoms with Crippen molar-refractivity contribution in [3.63, 3.8) is 0 Å². The van der Waals surface area contributed by atoms with Crippen molar-refractivity contribution in [1.29, 1.82) is 0 Å². The maximum atomic E-state index is 12.0. The van der Waals surface area contributed by atoms with Crippen LogP contribution in [-0.4, -0.2) is 16.4 Å². The van der Waals surface area contributed by atoms with Gasteiger partial charge in [-0.1, -0.05) is 29.9 Å². The molecule has 0 aromatic heterocycles. The summed E-state index contributed by atoms with van der Waals surface area (Å²) in [5.41, 5.74) is 6.23. The summed E-state index contributed by atoms with van der Waals surface area (Å²) < 4.78 is 0. The van der Waals surface area contributed by atoms with Crippen molar-refractivity contribution in [3.8, 4) is 0 Å². The van der Waals surface area contributed by atoms with Crippen LogP contribution in [0.5, 0.6) is 0 Å². The fourth-order valence-electron chi connectivity index (χ4n) is 1.22. The van der Waals surface area contributed by atoms with Crippen LogP contribution in [0.25, 0.3) is 0 Å². The van der Waals surface area contributed by atoms with E-state index < -0.39 is 5.54 Å². The molecule has 3 N–H and O–H groups in total. The standard InChI is InChI=1S/C12H15ClN2OS/c1-7-4-5-8(9(13)6-7)10(16)15-12(2,3)11(14)17/h4-6H,1-3H3,(H2,14,17)(H,15,16). The number of thiocarbonyl (C=S) groups is 1. The van der Waals surface area contributed by atoms with Crippen molar-refractivity contribution >= 4 is 34.7 Å². The Morgan fingerprint density at radius 1 is 1.47 bits per heavy atom. The van der Waals surface area contributed by atoms with Gasteiger partial charge in [0, 0.05) is 0 Å². The lowest BCUT2D eigenvalue weighted by atomic mass is 10.0. The van der Waals surface area contributed by atoms with E-state index in [9.17, 15) is 4.79 Å². The fraction of sp³-hybridized carbons (Fsp3) is 0.333. The molecule has 5 heteroatoms. The van der Waals surface area contributed by atoms with Gasteiger partial charge in [-0.25, -0.2) is 0 Å². The second-order valence-corrected chi connectivity index (χ2v) is 5.27. The number of hydrogen-bond donors (Lipinski definition) is 2. The van der Waals surface area contributed by atoms with Gasteiger partial charge in [-0.15, -0.1) is 0 Å². The molecule has 0 atom stereocenters. The van der Waals surface area contributed by atoms with Crippen LogP contribution in [0.15, 0.2) is 18.2 Å². The number of nitrogens with two attached hydrogens (primary N) is 1. The Balaban J connectivity index is 2.95. The molecule has 0 spiro atoms. The van der Waals surface area contributed by atoms with Crippen LogP contribution in [0.3, 0.4) is 0 Å². The third-order valence-electron chi connectivity index (χ3n) is 2.41. The van der Waals surface area contributed by atoms with Gasteiger partial charge >= 0.3 is 0 Å². The van der Waals surface area contributed by atoms with E-state index in [4.69, 9.17) is 29.6 Å². The number of nitrogens with one attached hydrogen (secondary N) is 1. The first kappa shape index (κ1) is 13.9. The van der Waals surface area contributed by atoms with Crippen molar-refractivity contribution < 1.29 is 4.79 Å². The average molecular weight is 271 g/mol. The van der Waals surface area contributed by atoms with Crippen LogP contribution >= 0.6 is 23.8 Å². The van der Waals surface area contributed by atoms with Gasteiger partial charge in [-0.3, -0.25) is 4.79 Å². The third-order valence-corrected chi connectivity index (χ3v) is 3.23. The zero-order valence-electron chi connectivity index (χ0n) is 10.0. The van der Waals surface area contributed by atoms with Gasteiger partial charge < -0.3 is 11.1 Å². The monoisotopic (exact) mass is 270 g/mol. The Bertz CT molecular complexity index is 472. The van der Waals surface area contributed by atoms with Crippen molar-refractivity contribution in [2.75, 3.05) is 0 Å². The summed E-state index contributed by atoms with van der Waals surface area (Å²) in [6.07, 6.45) is 0. The molecule has 0 saturated carbocycles. The molecule has 0 radical (unpaired) electrons. The highest BCUT2D eigenvalue weighted by molar-refractivity contribution is 7.80. The normalized spacial score (nSPS) is 11.1. The van der Waals surface area contributed by atoms with Gasteiger partial charge in [0.1, 0.15) is 0 Å². The zero-order valence-corrected chi connectivity index (χ0v) is 11.6. The van der Waals surface area contributed by atoms with E-state index in [1.54, 1.807) is 26.0 Å². The molecule has 0 aliphatic heterocycles. The Labute approximate surface area is 111 Å². The quantitative estimate of drug-likeness (QED) is 0.830. The van der Waals surface area contributed by atoms with Crippen LogP contribution in [0.1, 0.15) is 29.8 Å². The average Bonchev–Trinajstić information content (AvgIpc) is 2.15. The van der Waals surface area contributed by atoms with Crippen molar-refractivity contribution in [3.05, 3.63) is 34.3 Å². The molecule has 1 amide bonds. The Morgan fingerprint density at radius 3 is 2.53 bits per heavy atom. The topological polar surface area (TPSA) is 55.1 Å². The minimum atomic E-state index is -0.735. The van der Waals surface area contributed by atoms with E-state index in [0.717, 1.165) is 5.56 Å². The van der Waals surface area contributed by atoms with Crippen LogP contribution in [0, 0.1) is 6.92 Å². The number of carbonyl (C=O) groups excluding carboxylic acids is 1. The summed E-state index contributed by atoms with van der Waals surface area (Å²) in [6, 6.07) is 5.25. The van der Waals surface area contributed by atoms with Crippen molar-refractivity contribution in [2.45, 2.75) is 26.3 Å². The molecule has 0 aliphatic rings. The minimum absolute atomic E-state index is 0.231. The summed E-state index contributed by atoms with van der Waals surface area (Å²) in [6.45, 7) is 5.40. The van der Waals surface area contributed by atoms with Crippen LogP contribution < -0.4 is 11.1 Å². The molecule has 0 fully saturated rings. The molecular formula is C12H15ClN2OS. The summed E-state index contributed by atoms with van der Waals surface area (Å²) in [4.78, 5) is 12.2. The molecule has 1 aromatic carbocycles. The van der Waals surface area contributed by atoms with Gasteiger partial charge in [0.15, 0.2) is 0 Å². The highest BCUT2D eigenvalue weighted by atomic mass is 35.5. The summed E-state index contributed by atoms with van der Waals surface area (Å²) in [5, 5.41) is 3.16. The van der Waals surface area contributed by atoms with Gasteiger partial charge in [0.05, 0.1) is 21.1 Å². The van der Waals surface area contributed by atoms with Crippen LogP contribution in [0.4, 0.5) is 0 Å². The minimum Gasteiger partial charge on any atom is -0.391 e. The number of rotatable bonds is 3. The number of benzene rings is 1.